The minimum absolute atomic E-state index is 0. The van der Waals surface area contributed by atoms with E-state index in [-0.39, 0.29) is 60.1 Å². The Hall–Kier alpha value is -2.19. The average molecular weight is 831 g/mol. The van der Waals surface area contributed by atoms with Gasteiger partial charge in [0.05, 0.1) is 58.7 Å². The van der Waals surface area contributed by atoms with Crippen LogP contribution in [0.2, 0.25) is 0 Å². The molecule has 306 valence electrons. The van der Waals surface area contributed by atoms with Crippen LogP contribution in [0.4, 0.5) is 0 Å². The highest BCUT2D eigenvalue weighted by atomic mass is 79.9. The molecule has 3 heterocycles. The Balaban J connectivity index is 0.000000290. The van der Waals surface area contributed by atoms with Crippen LogP contribution in [0, 0.1) is 0 Å². The molecule has 0 aliphatic carbocycles. The summed E-state index contributed by atoms with van der Waals surface area (Å²) in [7, 11) is 1.47. The smallest absolute Gasteiger partial charge is 0.468 e. The summed E-state index contributed by atoms with van der Waals surface area (Å²) in [6, 6.07) is 15.4. The van der Waals surface area contributed by atoms with Crippen molar-refractivity contribution in [1.29, 1.82) is 0 Å². The second-order valence-corrected chi connectivity index (χ2v) is 19.1. The number of carbonyl (C=O) groups excluding carboxylic acids is 2. The van der Waals surface area contributed by atoms with Gasteiger partial charge in [-0.25, -0.2) is 0 Å². The second kappa shape index (κ2) is 17.0. The van der Waals surface area contributed by atoms with Gasteiger partial charge in [-0.15, -0.1) is 0 Å². The zero-order chi connectivity index (χ0) is 41.5. The van der Waals surface area contributed by atoms with Crippen LogP contribution in [0.5, 0.6) is 0 Å². The number of rotatable bonds is 6. The molecule has 2 aromatic rings. The maximum atomic E-state index is 11.9. The molecule has 0 aromatic heterocycles. The lowest BCUT2D eigenvalue weighted by atomic mass is 9.49. The van der Waals surface area contributed by atoms with Gasteiger partial charge in [0, 0.05) is 4.47 Å². The molecule has 3 aliphatic rings. The van der Waals surface area contributed by atoms with Crippen LogP contribution in [0.1, 0.15) is 129 Å². The number of methoxy groups -OCH3 is 2. The van der Waals surface area contributed by atoms with Crippen LogP contribution in [0.25, 0.3) is 0 Å². The number of halogens is 1. The number of ether oxygens (including phenoxy) is 2. The highest BCUT2D eigenvalue weighted by Gasteiger charge is 2.63. The summed E-state index contributed by atoms with van der Waals surface area (Å²) >= 11 is 3.35. The van der Waals surface area contributed by atoms with E-state index in [0.29, 0.717) is 0 Å². The van der Waals surface area contributed by atoms with E-state index in [9.17, 15) is 9.59 Å². The molecule has 3 fully saturated rings. The lowest BCUT2D eigenvalue weighted by Crippen LogP contribution is -2.41. The Kier molecular flexibility index (Phi) is 15.1. The molecule has 3 aliphatic heterocycles. The number of hydrogen-bond donors (Lipinski definition) is 0. The summed E-state index contributed by atoms with van der Waals surface area (Å²) in [6.07, 6.45) is 0. The SMILES string of the molecule is C.CC1(C)OB(B2OC(C)(C)C(C)(C)O2)OC1(C)C.COC(=O)C(C)(C)c1ccc(B2OC(C)(C)C(C)(C)O2)cc1.COC(=O)C(C)(C)c1ccc(Br)cc1. The van der Waals surface area contributed by atoms with Crippen molar-refractivity contribution in [2.45, 2.75) is 163 Å². The van der Waals surface area contributed by atoms with Gasteiger partial charge in [-0.1, -0.05) is 59.8 Å². The van der Waals surface area contributed by atoms with Crippen LogP contribution in [-0.4, -0.2) is 80.9 Å². The van der Waals surface area contributed by atoms with Crippen molar-refractivity contribution in [2.24, 2.45) is 0 Å². The molecule has 0 bridgehead atoms. The first-order valence-corrected chi connectivity index (χ1v) is 19.3. The lowest BCUT2D eigenvalue weighted by molar-refractivity contribution is -0.147. The Bertz CT molecular complexity index is 1540. The third-order valence-electron chi connectivity index (χ3n) is 11.9. The molecule has 14 heteroatoms. The normalized spacial score (nSPS) is 21.3. The summed E-state index contributed by atoms with van der Waals surface area (Å²) in [5.41, 5.74) is -0.623. The molecule has 2 aromatic carbocycles. The minimum atomic E-state index is -0.677. The topological polar surface area (TPSA) is 108 Å². The van der Waals surface area contributed by atoms with Gasteiger partial charge in [0.15, 0.2) is 0 Å². The first kappa shape index (κ1) is 49.0. The molecule has 0 spiro atoms. The van der Waals surface area contributed by atoms with Crippen LogP contribution >= 0.6 is 15.9 Å². The summed E-state index contributed by atoms with van der Waals surface area (Å²) in [5, 5.41) is 0. The Morgan fingerprint density at radius 1 is 0.509 bits per heavy atom. The van der Waals surface area contributed by atoms with Crippen molar-refractivity contribution in [1.82, 2.24) is 0 Å². The zero-order valence-electron chi connectivity index (χ0n) is 35.8. The number of esters is 2. The van der Waals surface area contributed by atoms with Gasteiger partial charge < -0.3 is 37.4 Å². The fraction of sp³-hybridized carbons (Fsp3) is 0.659. The molecular weight excluding hydrogens is 765 g/mol. The maximum Gasteiger partial charge on any atom is 0.494 e. The molecule has 10 nitrogen and oxygen atoms in total. The largest absolute Gasteiger partial charge is 0.494 e. The number of hydrogen-bond acceptors (Lipinski definition) is 10. The second-order valence-electron chi connectivity index (χ2n) is 18.2. The predicted molar refractivity (Wildman–Crippen MR) is 225 cm³/mol. The Morgan fingerprint density at radius 2 is 0.764 bits per heavy atom. The van der Waals surface area contributed by atoms with Crippen molar-refractivity contribution in [3.8, 4) is 0 Å². The van der Waals surface area contributed by atoms with Crippen LogP contribution < -0.4 is 5.46 Å². The number of benzene rings is 2. The van der Waals surface area contributed by atoms with Crippen LogP contribution in [0.3, 0.4) is 0 Å². The fourth-order valence-electron chi connectivity index (χ4n) is 5.65. The monoisotopic (exact) mass is 830 g/mol. The average Bonchev–Trinajstić information content (AvgIpc) is 3.53. The lowest BCUT2D eigenvalue weighted by Gasteiger charge is -2.32. The van der Waals surface area contributed by atoms with E-state index in [4.69, 9.17) is 37.4 Å². The van der Waals surface area contributed by atoms with E-state index in [1.54, 1.807) is 0 Å². The highest BCUT2D eigenvalue weighted by molar-refractivity contribution is 9.10. The van der Waals surface area contributed by atoms with Gasteiger partial charge >= 0.3 is 33.1 Å². The van der Waals surface area contributed by atoms with Crippen LogP contribution in [-0.2, 0) is 57.8 Å². The summed E-state index contributed by atoms with van der Waals surface area (Å²) in [4.78, 5) is 23.4. The highest BCUT2D eigenvalue weighted by Crippen LogP contribution is 2.43. The van der Waals surface area contributed by atoms with Crippen molar-refractivity contribution in [3.05, 3.63) is 64.1 Å². The molecule has 3 saturated heterocycles. The van der Waals surface area contributed by atoms with E-state index >= 15 is 0 Å². The van der Waals surface area contributed by atoms with Gasteiger partial charge in [-0.05, 0) is 140 Å². The fourth-order valence-corrected chi connectivity index (χ4v) is 5.91. The third-order valence-corrected chi connectivity index (χ3v) is 12.4. The van der Waals surface area contributed by atoms with E-state index in [0.717, 1.165) is 21.1 Å². The summed E-state index contributed by atoms with van der Waals surface area (Å²) in [5.74, 6) is -0.476. The van der Waals surface area contributed by atoms with E-state index in [2.05, 4.69) is 15.9 Å². The van der Waals surface area contributed by atoms with Crippen molar-refractivity contribution >= 4 is 54.5 Å². The van der Waals surface area contributed by atoms with Gasteiger partial charge in [0.1, 0.15) is 0 Å². The molecule has 0 radical (unpaired) electrons. The zero-order valence-corrected chi connectivity index (χ0v) is 37.4. The molecule has 5 rings (SSSR count). The summed E-state index contributed by atoms with van der Waals surface area (Å²) in [6.45, 7) is 31.7. The van der Waals surface area contributed by atoms with Gasteiger partial charge in [0.25, 0.3) is 0 Å². The maximum absolute atomic E-state index is 11.9. The Labute approximate surface area is 341 Å². The summed E-state index contributed by atoms with van der Waals surface area (Å²) < 4.78 is 46.5. The third kappa shape index (κ3) is 10.5. The molecule has 0 amide bonds. The molecule has 55 heavy (non-hydrogen) atoms. The first-order valence-electron chi connectivity index (χ1n) is 18.5. The Morgan fingerprint density at radius 3 is 1.04 bits per heavy atom. The predicted octanol–water partition coefficient (Wildman–Crippen LogP) is 8.22. The van der Waals surface area contributed by atoms with E-state index < -0.39 is 24.8 Å². The standard InChI is InChI=1S/C17H25BO4.C12H24B2O4.C11H13BrO2.CH4/c1-15(2,14(19)20-7)12-8-10-13(11-9-12)18-21-16(3,4)17(5,6)22-18;1-9(2)10(3,4)16-13(15-9)14-17-11(5,6)12(7,8)18-14;1-11(2,10(13)14-3)8-4-6-9(12)7-5-8;/h8-11H,1-7H3;1-8H3;4-7H,1-3H3;1H4. The van der Waals surface area contributed by atoms with Gasteiger partial charge in [0.2, 0.25) is 0 Å². The molecule has 0 saturated carbocycles. The van der Waals surface area contributed by atoms with Gasteiger partial charge in [-0.2, -0.15) is 0 Å². The van der Waals surface area contributed by atoms with E-state index in [1.807, 2.05) is 159 Å². The molecule has 0 atom stereocenters. The van der Waals surface area contributed by atoms with Crippen LogP contribution in [0.15, 0.2) is 53.0 Å². The van der Waals surface area contributed by atoms with E-state index in [1.165, 1.54) is 14.2 Å². The van der Waals surface area contributed by atoms with Crippen molar-refractivity contribution in [2.75, 3.05) is 14.2 Å². The minimum Gasteiger partial charge on any atom is -0.468 e. The van der Waals surface area contributed by atoms with Gasteiger partial charge in [-0.3, -0.25) is 9.59 Å². The quantitative estimate of drug-likeness (QED) is 0.209. The van der Waals surface area contributed by atoms with Crippen molar-refractivity contribution < 1.29 is 47.0 Å². The molecule has 0 unspecified atom stereocenters. The molecular formula is C41H66B3BrO10. The molecule has 0 N–H and O–H groups in total. The number of carbonyl (C=O) groups is 2. The van der Waals surface area contributed by atoms with Crippen molar-refractivity contribution in [3.63, 3.8) is 0 Å². The first-order chi connectivity index (χ1) is 24.4.